The molecule has 132 valence electrons. The molecule has 0 spiro atoms. The number of fused-ring (bicyclic) bond motifs is 2. The Balaban J connectivity index is 0.000000880. The number of aryl methyl sites for hydroxylation is 3. The molecule has 0 atom stereocenters. The van der Waals surface area contributed by atoms with Crippen LogP contribution in [0.15, 0.2) is 42.0 Å². The molecule has 1 aliphatic carbocycles. The second-order valence-electron chi connectivity index (χ2n) is 6.69. The molecule has 25 heavy (non-hydrogen) atoms. The number of halogens is 1. The van der Waals surface area contributed by atoms with Crippen LogP contribution in [0.5, 0.6) is 0 Å². The molecular formula is C23H28ClN. The minimum atomic E-state index is 0.848. The molecule has 0 aromatic heterocycles. The molecule has 2 aromatic carbocycles. The molecule has 1 N–H and O–H groups in total. The van der Waals surface area contributed by atoms with Crippen LogP contribution in [-0.4, -0.2) is 13.1 Å². The summed E-state index contributed by atoms with van der Waals surface area (Å²) in [5, 5.41) is 4.33. The number of hydrogen-bond acceptors (Lipinski definition) is 1. The van der Waals surface area contributed by atoms with Gasteiger partial charge in [0, 0.05) is 5.02 Å². The van der Waals surface area contributed by atoms with Crippen molar-refractivity contribution in [1.29, 1.82) is 0 Å². The van der Waals surface area contributed by atoms with Gasteiger partial charge in [-0.25, -0.2) is 0 Å². The standard InChI is InChI=1S/C21H22ClN.C2H6/c1-14-2-6-19-16(12-14)3-4-17-13-18(22)5-7-20(17)21(19)15-8-10-23-11-9-15;1-2/h2,5-7,12-13,23H,3-4,8-11H2,1H3;1-2H3. The van der Waals surface area contributed by atoms with E-state index in [-0.39, 0.29) is 0 Å². The van der Waals surface area contributed by atoms with Gasteiger partial charge in [0.05, 0.1) is 0 Å². The predicted octanol–water partition coefficient (Wildman–Crippen LogP) is 5.96. The number of nitrogens with one attached hydrogen (secondary N) is 1. The van der Waals surface area contributed by atoms with Crippen LogP contribution < -0.4 is 5.32 Å². The van der Waals surface area contributed by atoms with E-state index in [1.807, 2.05) is 19.9 Å². The van der Waals surface area contributed by atoms with Crippen LogP contribution in [0.1, 0.15) is 54.5 Å². The summed E-state index contributed by atoms with van der Waals surface area (Å²) in [5.74, 6) is 0. The van der Waals surface area contributed by atoms with Gasteiger partial charge in [-0.15, -0.1) is 0 Å². The largest absolute Gasteiger partial charge is 0.316 e. The van der Waals surface area contributed by atoms with E-state index in [0.717, 1.165) is 43.8 Å². The molecule has 1 aliphatic heterocycles. The van der Waals surface area contributed by atoms with Crippen molar-refractivity contribution < 1.29 is 0 Å². The van der Waals surface area contributed by atoms with Crippen molar-refractivity contribution in [3.8, 4) is 0 Å². The summed E-state index contributed by atoms with van der Waals surface area (Å²) in [6.45, 7) is 8.36. The van der Waals surface area contributed by atoms with Crippen LogP contribution >= 0.6 is 11.6 Å². The molecule has 1 saturated heterocycles. The maximum absolute atomic E-state index is 6.27. The molecule has 0 radical (unpaired) electrons. The van der Waals surface area contributed by atoms with Crippen LogP contribution in [0.25, 0.3) is 5.57 Å². The van der Waals surface area contributed by atoms with Gasteiger partial charge >= 0.3 is 0 Å². The first-order chi connectivity index (χ1) is 12.2. The van der Waals surface area contributed by atoms with Crippen molar-refractivity contribution in [3.63, 3.8) is 0 Å². The lowest BCUT2D eigenvalue weighted by molar-refractivity contribution is 0.611. The first-order valence-corrected chi connectivity index (χ1v) is 9.91. The summed E-state index contributed by atoms with van der Waals surface area (Å²) < 4.78 is 0. The average Bonchev–Trinajstić information content (AvgIpc) is 2.80. The average molecular weight is 354 g/mol. The molecule has 0 amide bonds. The normalized spacial score (nSPS) is 16.3. The van der Waals surface area contributed by atoms with Crippen molar-refractivity contribution in [3.05, 3.63) is 74.8 Å². The Kier molecular flexibility index (Phi) is 5.98. The number of hydrogen-bond donors (Lipinski definition) is 1. The third-order valence-corrected chi connectivity index (χ3v) is 5.33. The Morgan fingerprint density at radius 2 is 1.40 bits per heavy atom. The third-order valence-electron chi connectivity index (χ3n) is 5.09. The molecule has 2 heteroatoms. The summed E-state index contributed by atoms with van der Waals surface area (Å²) >= 11 is 6.27. The minimum absolute atomic E-state index is 0.848. The molecule has 4 rings (SSSR count). The lowest BCUT2D eigenvalue weighted by atomic mass is 9.86. The molecule has 1 heterocycles. The second-order valence-corrected chi connectivity index (χ2v) is 7.13. The molecule has 0 bridgehead atoms. The predicted molar refractivity (Wildman–Crippen MR) is 110 cm³/mol. The maximum Gasteiger partial charge on any atom is 0.0409 e. The van der Waals surface area contributed by atoms with Crippen LogP contribution in [0, 0.1) is 6.92 Å². The lowest BCUT2D eigenvalue weighted by Crippen LogP contribution is -2.24. The molecule has 0 unspecified atom stereocenters. The molecular weight excluding hydrogens is 326 g/mol. The fourth-order valence-electron chi connectivity index (χ4n) is 3.96. The zero-order chi connectivity index (χ0) is 17.8. The van der Waals surface area contributed by atoms with Gasteiger partial charge < -0.3 is 5.32 Å². The molecule has 1 fully saturated rings. The van der Waals surface area contributed by atoms with E-state index in [0.29, 0.717) is 0 Å². The maximum atomic E-state index is 6.27. The Morgan fingerprint density at radius 3 is 2.08 bits per heavy atom. The van der Waals surface area contributed by atoms with E-state index in [4.69, 9.17) is 11.6 Å². The van der Waals surface area contributed by atoms with Gasteiger partial charge in [-0.05, 0) is 85.7 Å². The SMILES string of the molecule is CC.Cc1ccc2c(c1)CCc1cc(Cl)ccc1C2=C1CCNCC1. The zero-order valence-corrected chi connectivity index (χ0v) is 16.3. The van der Waals surface area contributed by atoms with Gasteiger partial charge in [0.2, 0.25) is 0 Å². The Labute approximate surface area is 157 Å². The van der Waals surface area contributed by atoms with Gasteiger partial charge in [0.1, 0.15) is 0 Å². The Hall–Kier alpha value is -1.57. The van der Waals surface area contributed by atoms with Gasteiger partial charge in [-0.3, -0.25) is 0 Å². The lowest BCUT2D eigenvalue weighted by Gasteiger charge is -2.22. The van der Waals surface area contributed by atoms with E-state index >= 15 is 0 Å². The smallest absolute Gasteiger partial charge is 0.0409 e. The van der Waals surface area contributed by atoms with Crippen molar-refractivity contribution in [2.24, 2.45) is 0 Å². The highest BCUT2D eigenvalue weighted by molar-refractivity contribution is 6.30. The van der Waals surface area contributed by atoms with E-state index in [2.05, 4.69) is 42.6 Å². The Morgan fingerprint density at radius 1 is 0.800 bits per heavy atom. The first-order valence-electron chi connectivity index (χ1n) is 9.54. The van der Waals surface area contributed by atoms with Crippen molar-refractivity contribution in [2.75, 3.05) is 13.1 Å². The highest BCUT2D eigenvalue weighted by Gasteiger charge is 2.22. The number of benzene rings is 2. The number of rotatable bonds is 0. The Bertz CT molecular complexity index is 725. The van der Waals surface area contributed by atoms with Crippen molar-refractivity contribution >= 4 is 17.2 Å². The van der Waals surface area contributed by atoms with Crippen LogP contribution in [0.4, 0.5) is 0 Å². The number of piperidine rings is 1. The van der Waals surface area contributed by atoms with E-state index < -0.39 is 0 Å². The molecule has 0 saturated carbocycles. The zero-order valence-electron chi connectivity index (χ0n) is 15.6. The summed E-state index contributed by atoms with van der Waals surface area (Å²) in [4.78, 5) is 0. The quantitative estimate of drug-likeness (QED) is 0.616. The van der Waals surface area contributed by atoms with Gasteiger partial charge in [0.15, 0.2) is 0 Å². The fraction of sp³-hybridized carbons (Fsp3) is 0.391. The summed E-state index contributed by atoms with van der Waals surface area (Å²) in [7, 11) is 0. The molecule has 1 nitrogen and oxygen atoms in total. The second kappa shape index (κ2) is 8.21. The minimum Gasteiger partial charge on any atom is -0.316 e. The van der Waals surface area contributed by atoms with Crippen LogP contribution in [0.2, 0.25) is 5.02 Å². The van der Waals surface area contributed by atoms with E-state index in [1.165, 1.54) is 33.4 Å². The van der Waals surface area contributed by atoms with Crippen molar-refractivity contribution in [1.82, 2.24) is 5.32 Å². The topological polar surface area (TPSA) is 12.0 Å². The summed E-state index contributed by atoms with van der Waals surface area (Å²) in [6.07, 6.45) is 4.45. The highest BCUT2D eigenvalue weighted by Crippen LogP contribution is 2.39. The van der Waals surface area contributed by atoms with E-state index in [9.17, 15) is 0 Å². The molecule has 2 aliphatic rings. The summed E-state index contributed by atoms with van der Waals surface area (Å²) in [6, 6.07) is 13.4. The highest BCUT2D eigenvalue weighted by atomic mass is 35.5. The van der Waals surface area contributed by atoms with Gasteiger partial charge in [-0.2, -0.15) is 0 Å². The third kappa shape index (κ3) is 3.83. The van der Waals surface area contributed by atoms with Gasteiger partial charge in [0.25, 0.3) is 0 Å². The monoisotopic (exact) mass is 353 g/mol. The first kappa shape index (κ1) is 18.2. The van der Waals surface area contributed by atoms with E-state index in [1.54, 1.807) is 5.57 Å². The fourth-order valence-corrected chi connectivity index (χ4v) is 4.15. The molecule has 2 aromatic rings. The van der Waals surface area contributed by atoms with Crippen LogP contribution in [0.3, 0.4) is 0 Å². The summed E-state index contributed by atoms with van der Waals surface area (Å²) in [5.41, 5.74) is 10.1. The van der Waals surface area contributed by atoms with Crippen molar-refractivity contribution in [2.45, 2.75) is 46.5 Å². The van der Waals surface area contributed by atoms with Gasteiger partial charge in [-0.1, -0.05) is 60.9 Å². The van der Waals surface area contributed by atoms with Crippen LogP contribution in [-0.2, 0) is 12.8 Å².